The first-order valence-corrected chi connectivity index (χ1v) is 6.31. The van der Waals surface area contributed by atoms with Crippen molar-refractivity contribution < 1.29 is 14.3 Å². The quantitative estimate of drug-likeness (QED) is 0.806. The van der Waals surface area contributed by atoms with Crippen LogP contribution in [-0.2, 0) is 9.53 Å². The Morgan fingerprint density at radius 3 is 2.37 bits per heavy atom. The molecule has 2 rings (SSSR count). The average molecular weight is 262 g/mol. The molecular weight excluding hydrogens is 244 g/mol. The van der Waals surface area contributed by atoms with Crippen molar-refractivity contribution >= 4 is 17.6 Å². The Kier molecular flexibility index (Phi) is 3.85. The summed E-state index contributed by atoms with van der Waals surface area (Å²) in [5.74, 6) is -0.428. The standard InChI is InChI=1S/C14H18N2O3/c1-19-12(17)10-3-5-11(6-4-10)16-13(18)14(9-15)7-2-8-14/h3-6H,2,7-9,15H2,1H3,(H,16,18). The monoisotopic (exact) mass is 262 g/mol. The molecule has 1 aromatic rings. The van der Waals surface area contributed by atoms with Crippen LogP contribution in [0, 0.1) is 5.41 Å². The van der Waals surface area contributed by atoms with Gasteiger partial charge in [-0.15, -0.1) is 0 Å². The molecule has 1 aliphatic carbocycles. The smallest absolute Gasteiger partial charge is 0.337 e. The lowest BCUT2D eigenvalue weighted by Crippen LogP contribution is -2.47. The molecule has 102 valence electrons. The molecule has 3 N–H and O–H groups in total. The summed E-state index contributed by atoms with van der Waals surface area (Å²) in [4.78, 5) is 23.4. The van der Waals surface area contributed by atoms with Crippen LogP contribution in [0.1, 0.15) is 29.6 Å². The summed E-state index contributed by atoms with van der Waals surface area (Å²) in [6, 6.07) is 6.62. The molecular formula is C14H18N2O3. The van der Waals surface area contributed by atoms with Crippen LogP contribution >= 0.6 is 0 Å². The first kappa shape index (κ1) is 13.5. The maximum absolute atomic E-state index is 12.1. The van der Waals surface area contributed by atoms with Gasteiger partial charge in [-0.3, -0.25) is 4.79 Å². The van der Waals surface area contributed by atoms with Crippen molar-refractivity contribution in [2.45, 2.75) is 19.3 Å². The van der Waals surface area contributed by atoms with Crippen LogP contribution in [0.15, 0.2) is 24.3 Å². The van der Waals surface area contributed by atoms with Gasteiger partial charge >= 0.3 is 5.97 Å². The van der Waals surface area contributed by atoms with Gasteiger partial charge in [0.2, 0.25) is 5.91 Å². The fraction of sp³-hybridized carbons (Fsp3) is 0.429. The number of carbonyl (C=O) groups excluding carboxylic acids is 2. The number of esters is 1. The van der Waals surface area contributed by atoms with E-state index in [4.69, 9.17) is 5.73 Å². The molecule has 0 bridgehead atoms. The van der Waals surface area contributed by atoms with Crippen LogP contribution in [0.2, 0.25) is 0 Å². The molecule has 0 spiro atoms. The zero-order valence-corrected chi connectivity index (χ0v) is 10.9. The van der Waals surface area contributed by atoms with Gasteiger partial charge in [-0.25, -0.2) is 4.79 Å². The van der Waals surface area contributed by atoms with E-state index in [-0.39, 0.29) is 5.91 Å². The number of hydrogen-bond donors (Lipinski definition) is 2. The molecule has 1 fully saturated rings. The summed E-state index contributed by atoms with van der Waals surface area (Å²) in [6.45, 7) is 0.374. The first-order chi connectivity index (χ1) is 9.11. The van der Waals surface area contributed by atoms with Gasteiger partial charge in [0.1, 0.15) is 0 Å². The largest absolute Gasteiger partial charge is 0.465 e. The summed E-state index contributed by atoms with van der Waals surface area (Å²) in [5, 5.41) is 2.85. The second-order valence-electron chi connectivity index (χ2n) is 4.86. The number of hydrogen-bond acceptors (Lipinski definition) is 4. The summed E-state index contributed by atoms with van der Waals surface area (Å²) < 4.78 is 4.61. The van der Waals surface area contributed by atoms with Crippen molar-refractivity contribution in [2.24, 2.45) is 11.1 Å². The number of carbonyl (C=O) groups is 2. The Labute approximate surface area is 112 Å². The highest BCUT2D eigenvalue weighted by molar-refractivity contribution is 5.97. The molecule has 1 aliphatic rings. The number of anilines is 1. The molecule has 19 heavy (non-hydrogen) atoms. The fourth-order valence-electron chi connectivity index (χ4n) is 2.20. The summed E-state index contributed by atoms with van der Waals surface area (Å²) in [6.07, 6.45) is 2.73. The van der Waals surface area contributed by atoms with Crippen LogP contribution in [0.3, 0.4) is 0 Å². The van der Waals surface area contributed by atoms with Gasteiger partial charge in [0.05, 0.1) is 18.1 Å². The molecule has 0 heterocycles. The minimum absolute atomic E-state index is 0.0351. The molecule has 5 nitrogen and oxygen atoms in total. The molecule has 0 unspecified atom stereocenters. The van der Waals surface area contributed by atoms with Crippen molar-refractivity contribution in [1.82, 2.24) is 0 Å². The van der Waals surface area contributed by atoms with E-state index in [2.05, 4.69) is 10.1 Å². The van der Waals surface area contributed by atoms with E-state index < -0.39 is 11.4 Å². The first-order valence-electron chi connectivity index (χ1n) is 6.31. The Balaban J connectivity index is 2.03. The number of ether oxygens (including phenoxy) is 1. The summed E-state index contributed by atoms with van der Waals surface area (Å²) >= 11 is 0. The number of methoxy groups -OCH3 is 1. The van der Waals surface area contributed by atoms with Gasteiger partial charge < -0.3 is 15.8 Å². The second-order valence-corrected chi connectivity index (χ2v) is 4.86. The van der Waals surface area contributed by atoms with Crippen LogP contribution in [-0.4, -0.2) is 25.5 Å². The molecule has 1 amide bonds. The van der Waals surface area contributed by atoms with Gasteiger partial charge in [0.25, 0.3) is 0 Å². The summed E-state index contributed by atoms with van der Waals surface area (Å²) in [5.41, 5.74) is 6.40. The van der Waals surface area contributed by atoms with E-state index in [1.54, 1.807) is 24.3 Å². The highest BCUT2D eigenvalue weighted by atomic mass is 16.5. The Morgan fingerprint density at radius 2 is 1.95 bits per heavy atom. The Morgan fingerprint density at radius 1 is 1.32 bits per heavy atom. The zero-order chi connectivity index (χ0) is 13.9. The number of benzene rings is 1. The normalized spacial score (nSPS) is 16.3. The maximum Gasteiger partial charge on any atom is 0.337 e. The van der Waals surface area contributed by atoms with Crippen molar-refractivity contribution in [2.75, 3.05) is 19.0 Å². The lowest BCUT2D eigenvalue weighted by Gasteiger charge is -2.39. The minimum atomic E-state index is -0.402. The summed E-state index contributed by atoms with van der Waals surface area (Å²) in [7, 11) is 1.33. The lowest BCUT2D eigenvalue weighted by atomic mass is 9.68. The predicted molar refractivity (Wildman–Crippen MR) is 71.7 cm³/mol. The number of nitrogens with one attached hydrogen (secondary N) is 1. The van der Waals surface area contributed by atoms with Crippen molar-refractivity contribution in [3.05, 3.63) is 29.8 Å². The highest BCUT2D eigenvalue weighted by Crippen LogP contribution is 2.40. The van der Waals surface area contributed by atoms with Gasteiger partial charge in [-0.2, -0.15) is 0 Å². The molecule has 0 radical (unpaired) electrons. The SMILES string of the molecule is COC(=O)c1ccc(NC(=O)C2(CN)CCC2)cc1. The Bertz CT molecular complexity index is 472. The third-order valence-corrected chi connectivity index (χ3v) is 3.75. The number of amides is 1. The molecule has 0 atom stereocenters. The number of rotatable bonds is 4. The van der Waals surface area contributed by atoms with Gasteiger partial charge in [0, 0.05) is 12.2 Å². The average Bonchev–Trinajstić information content (AvgIpc) is 2.38. The Hall–Kier alpha value is -1.88. The molecule has 0 aromatic heterocycles. The minimum Gasteiger partial charge on any atom is -0.465 e. The van der Waals surface area contributed by atoms with E-state index >= 15 is 0 Å². The van der Waals surface area contributed by atoms with Crippen LogP contribution in [0.25, 0.3) is 0 Å². The van der Waals surface area contributed by atoms with E-state index in [9.17, 15) is 9.59 Å². The second kappa shape index (κ2) is 5.40. The molecule has 0 aliphatic heterocycles. The van der Waals surface area contributed by atoms with Crippen molar-refractivity contribution in [1.29, 1.82) is 0 Å². The lowest BCUT2D eigenvalue weighted by molar-refractivity contribution is -0.129. The van der Waals surface area contributed by atoms with E-state index in [0.29, 0.717) is 17.8 Å². The third kappa shape index (κ3) is 2.61. The van der Waals surface area contributed by atoms with Crippen LogP contribution in [0.4, 0.5) is 5.69 Å². The zero-order valence-electron chi connectivity index (χ0n) is 10.9. The number of nitrogens with two attached hydrogens (primary N) is 1. The van der Waals surface area contributed by atoms with Gasteiger partial charge in [0.15, 0.2) is 0 Å². The maximum atomic E-state index is 12.1. The van der Waals surface area contributed by atoms with Crippen molar-refractivity contribution in [3.63, 3.8) is 0 Å². The highest BCUT2D eigenvalue weighted by Gasteiger charge is 2.42. The van der Waals surface area contributed by atoms with Crippen molar-refractivity contribution in [3.8, 4) is 0 Å². The third-order valence-electron chi connectivity index (χ3n) is 3.75. The van der Waals surface area contributed by atoms with Crippen LogP contribution in [0.5, 0.6) is 0 Å². The van der Waals surface area contributed by atoms with Gasteiger partial charge in [-0.05, 0) is 37.1 Å². The topological polar surface area (TPSA) is 81.4 Å². The van der Waals surface area contributed by atoms with E-state index in [1.807, 2.05) is 0 Å². The predicted octanol–water partition coefficient (Wildman–Crippen LogP) is 1.54. The molecule has 0 saturated heterocycles. The molecule has 1 aromatic carbocycles. The molecule has 5 heteroatoms. The van der Waals surface area contributed by atoms with Gasteiger partial charge in [-0.1, -0.05) is 6.42 Å². The fourth-order valence-corrected chi connectivity index (χ4v) is 2.20. The van der Waals surface area contributed by atoms with E-state index in [1.165, 1.54) is 7.11 Å². The van der Waals surface area contributed by atoms with E-state index in [0.717, 1.165) is 19.3 Å². The van der Waals surface area contributed by atoms with Crippen LogP contribution < -0.4 is 11.1 Å². The molecule has 1 saturated carbocycles.